The monoisotopic (exact) mass is 403 g/mol. The first-order chi connectivity index (χ1) is 13.1. The molecule has 0 aromatic heterocycles. The molecule has 8 heteroatoms. The molecule has 2 aliphatic heterocycles. The highest BCUT2D eigenvalue weighted by atomic mass is 35.5. The van der Waals surface area contributed by atoms with Gasteiger partial charge in [-0.05, 0) is 33.2 Å². The summed E-state index contributed by atoms with van der Waals surface area (Å²) >= 11 is 7.88. The lowest BCUT2D eigenvalue weighted by Gasteiger charge is -2.25. The first-order valence-corrected chi connectivity index (χ1v) is 10.1. The van der Waals surface area contributed by atoms with Crippen LogP contribution >= 0.6 is 23.4 Å². The molecule has 0 N–H and O–H groups in total. The van der Waals surface area contributed by atoms with E-state index in [-0.39, 0.29) is 10.7 Å². The molecule has 2 heterocycles. The molecule has 1 aromatic carbocycles. The molecule has 27 heavy (non-hydrogen) atoms. The Kier molecular flexibility index (Phi) is 5.45. The molecular formula is C19H18ClN3O3S. The van der Waals surface area contributed by atoms with Crippen LogP contribution in [0.2, 0.25) is 5.02 Å². The van der Waals surface area contributed by atoms with Crippen molar-refractivity contribution in [1.82, 2.24) is 4.90 Å². The normalized spacial score (nSPS) is 20.1. The number of ether oxygens (including phenoxy) is 1. The van der Waals surface area contributed by atoms with Gasteiger partial charge >= 0.3 is 5.82 Å². The summed E-state index contributed by atoms with van der Waals surface area (Å²) in [4.78, 5) is 17.7. The summed E-state index contributed by atoms with van der Waals surface area (Å²) in [7, 11) is 0. The average Bonchev–Trinajstić information content (AvgIpc) is 3.06. The second kappa shape index (κ2) is 7.98. The van der Waals surface area contributed by atoms with Gasteiger partial charge in [0, 0.05) is 30.1 Å². The summed E-state index contributed by atoms with van der Waals surface area (Å²) in [5, 5.41) is 12.8. The van der Waals surface area contributed by atoms with Crippen LogP contribution in [0.25, 0.3) is 5.57 Å². The van der Waals surface area contributed by atoms with E-state index in [0.717, 1.165) is 48.9 Å². The predicted octanol–water partition coefficient (Wildman–Crippen LogP) is 3.98. The standard InChI is InChI=1S/C19H18ClN3O3S/c20-17-4-2-1-3-14(17)13-5-6-15-16(11-13)19(21-18(15)23(24)25)27-12-22-7-9-26-10-8-22/h1-5,11H,6-10,12H2. The fourth-order valence-corrected chi connectivity index (χ4v) is 4.57. The first kappa shape index (κ1) is 18.4. The number of halogens is 1. The van der Waals surface area contributed by atoms with Crippen molar-refractivity contribution in [1.29, 1.82) is 0 Å². The smallest absolute Gasteiger partial charge is 0.368 e. The lowest BCUT2D eigenvalue weighted by molar-refractivity contribution is -0.426. The number of hydrogen-bond acceptors (Lipinski definition) is 6. The Hall–Kier alpha value is -1.93. The highest BCUT2D eigenvalue weighted by Gasteiger charge is 2.36. The van der Waals surface area contributed by atoms with Gasteiger partial charge in [-0.2, -0.15) is 0 Å². The SMILES string of the molecule is O=[N+]([O-])C1=C2CC=C(c3ccccc3Cl)C=C2C(SCN2CCOCC2)=N1. The third-order valence-corrected chi connectivity index (χ3v) is 6.11. The second-order valence-electron chi connectivity index (χ2n) is 6.38. The highest BCUT2D eigenvalue weighted by Crippen LogP contribution is 2.40. The highest BCUT2D eigenvalue weighted by molar-refractivity contribution is 8.14. The van der Waals surface area contributed by atoms with Crippen molar-refractivity contribution < 1.29 is 9.66 Å². The molecule has 4 rings (SSSR count). The summed E-state index contributed by atoms with van der Waals surface area (Å²) in [5.74, 6) is 0.698. The number of thioether (sulfide) groups is 1. The third kappa shape index (κ3) is 3.87. The minimum absolute atomic E-state index is 0.0415. The minimum Gasteiger partial charge on any atom is -0.379 e. The summed E-state index contributed by atoms with van der Waals surface area (Å²) in [6.07, 6.45) is 4.43. The molecule has 0 bridgehead atoms. The zero-order valence-electron chi connectivity index (χ0n) is 14.6. The van der Waals surface area contributed by atoms with Crippen LogP contribution in [0.5, 0.6) is 0 Å². The minimum atomic E-state index is -0.389. The van der Waals surface area contributed by atoms with Crippen molar-refractivity contribution in [3.8, 4) is 0 Å². The van der Waals surface area contributed by atoms with Gasteiger partial charge in [0.15, 0.2) is 0 Å². The topological polar surface area (TPSA) is 68.0 Å². The van der Waals surface area contributed by atoms with Gasteiger partial charge in [-0.1, -0.05) is 47.6 Å². The summed E-state index contributed by atoms with van der Waals surface area (Å²) in [6, 6.07) is 7.63. The predicted molar refractivity (Wildman–Crippen MR) is 108 cm³/mol. The van der Waals surface area contributed by atoms with Gasteiger partial charge in [-0.15, -0.1) is 0 Å². The Morgan fingerprint density at radius 3 is 2.81 bits per heavy atom. The maximum absolute atomic E-state index is 11.4. The molecule has 0 atom stereocenters. The number of nitrogens with zero attached hydrogens (tertiary/aromatic N) is 3. The van der Waals surface area contributed by atoms with Crippen LogP contribution in [0.4, 0.5) is 0 Å². The van der Waals surface area contributed by atoms with Crippen molar-refractivity contribution in [2.75, 3.05) is 32.2 Å². The number of allylic oxidation sites excluding steroid dienone is 4. The van der Waals surface area contributed by atoms with E-state index in [1.165, 1.54) is 0 Å². The van der Waals surface area contributed by atoms with Gasteiger partial charge in [0.25, 0.3) is 0 Å². The molecule has 0 amide bonds. The number of fused-ring (bicyclic) bond motifs is 1. The van der Waals surface area contributed by atoms with Gasteiger partial charge in [0.1, 0.15) is 0 Å². The molecule has 0 spiro atoms. The molecule has 6 nitrogen and oxygen atoms in total. The van der Waals surface area contributed by atoms with Crippen LogP contribution in [0.1, 0.15) is 12.0 Å². The van der Waals surface area contributed by atoms with Crippen molar-refractivity contribution in [2.45, 2.75) is 6.42 Å². The Labute approximate surface area is 166 Å². The fourth-order valence-electron chi connectivity index (χ4n) is 3.28. The lowest BCUT2D eigenvalue weighted by Crippen LogP contribution is -2.36. The Bertz CT molecular complexity index is 901. The van der Waals surface area contributed by atoms with E-state index < -0.39 is 0 Å². The molecule has 1 fully saturated rings. The number of aliphatic imine (C=N–C) groups is 1. The molecule has 3 aliphatic rings. The summed E-state index contributed by atoms with van der Waals surface area (Å²) in [6.45, 7) is 3.18. The number of morpholine rings is 1. The van der Waals surface area contributed by atoms with Crippen molar-refractivity contribution in [3.05, 3.63) is 74.1 Å². The van der Waals surface area contributed by atoms with Crippen molar-refractivity contribution in [3.63, 3.8) is 0 Å². The van der Waals surface area contributed by atoms with Crippen LogP contribution in [0.15, 0.2) is 58.4 Å². The molecule has 0 radical (unpaired) electrons. The Morgan fingerprint density at radius 2 is 2.07 bits per heavy atom. The van der Waals surface area contributed by atoms with E-state index in [9.17, 15) is 10.1 Å². The van der Waals surface area contributed by atoms with E-state index in [2.05, 4.69) is 9.89 Å². The van der Waals surface area contributed by atoms with Gasteiger partial charge in [0.05, 0.1) is 24.7 Å². The molecule has 0 saturated carbocycles. The maximum atomic E-state index is 11.4. The first-order valence-electron chi connectivity index (χ1n) is 8.70. The molecular weight excluding hydrogens is 386 g/mol. The van der Waals surface area contributed by atoms with Crippen LogP contribution in [0.3, 0.4) is 0 Å². The molecule has 1 aromatic rings. The molecule has 1 aliphatic carbocycles. The molecule has 1 saturated heterocycles. The van der Waals surface area contributed by atoms with Crippen LogP contribution in [0, 0.1) is 10.1 Å². The third-order valence-electron chi connectivity index (χ3n) is 4.70. The largest absolute Gasteiger partial charge is 0.379 e. The van der Waals surface area contributed by atoms with Gasteiger partial charge in [-0.25, -0.2) is 0 Å². The van der Waals surface area contributed by atoms with E-state index >= 15 is 0 Å². The van der Waals surface area contributed by atoms with Gasteiger partial charge in [0.2, 0.25) is 5.04 Å². The van der Waals surface area contributed by atoms with Crippen molar-refractivity contribution in [2.24, 2.45) is 4.99 Å². The summed E-state index contributed by atoms with van der Waals surface area (Å²) < 4.78 is 5.37. The number of rotatable bonds is 4. The number of nitro groups is 1. The van der Waals surface area contributed by atoms with Crippen LogP contribution < -0.4 is 0 Å². The van der Waals surface area contributed by atoms with Crippen LogP contribution in [-0.4, -0.2) is 47.0 Å². The van der Waals surface area contributed by atoms with Crippen molar-refractivity contribution >= 4 is 34.0 Å². The van der Waals surface area contributed by atoms with E-state index in [4.69, 9.17) is 16.3 Å². The Morgan fingerprint density at radius 1 is 1.30 bits per heavy atom. The quantitative estimate of drug-likeness (QED) is 0.562. The molecule has 0 unspecified atom stereocenters. The fraction of sp³-hybridized carbons (Fsp3) is 0.316. The van der Waals surface area contributed by atoms with Gasteiger partial charge < -0.3 is 14.9 Å². The average molecular weight is 404 g/mol. The zero-order chi connectivity index (χ0) is 18.8. The zero-order valence-corrected chi connectivity index (χ0v) is 16.1. The maximum Gasteiger partial charge on any atom is 0.368 e. The number of benzene rings is 1. The van der Waals surface area contributed by atoms with Gasteiger partial charge in [-0.3, -0.25) is 4.90 Å². The van der Waals surface area contributed by atoms with E-state index in [0.29, 0.717) is 22.1 Å². The number of hydrogen-bond donors (Lipinski definition) is 0. The van der Waals surface area contributed by atoms with E-state index in [1.54, 1.807) is 11.8 Å². The summed E-state index contributed by atoms with van der Waals surface area (Å²) in [5.41, 5.74) is 3.43. The van der Waals surface area contributed by atoms with E-state index in [1.807, 2.05) is 36.4 Å². The lowest BCUT2D eigenvalue weighted by atomic mass is 9.92. The van der Waals surface area contributed by atoms with Crippen LogP contribution in [-0.2, 0) is 4.74 Å². The molecule has 140 valence electrons. The second-order valence-corrected chi connectivity index (χ2v) is 7.72. The Balaban J connectivity index is 1.60.